The molecule has 3 aromatic rings. The van der Waals surface area contributed by atoms with Gasteiger partial charge in [0.05, 0.1) is 35.1 Å². The molecule has 2 N–H and O–H groups in total. The van der Waals surface area contributed by atoms with E-state index >= 15 is 0 Å². The second-order valence-corrected chi connectivity index (χ2v) is 13.6. The van der Waals surface area contributed by atoms with Crippen LogP contribution in [0.15, 0.2) is 41.3 Å². The molecule has 1 aromatic heterocycles. The van der Waals surface area contributed by atoms with Crippen molar-refractivity contribution in [1.82, 2.24) is 19.0 Å². The number of hydrogen-bond acceptors (Lipinski definition) is 11. The van der Waals surface area contributed by atoms with Crippen LogP contribution in [0.1, 0.15) is 41.4 Å². The summed E-state index contributed by atoms with van der Waals surface area (Å²) in [5.74, 6) is -2.21. The minimum Gasteiger partial charge on any atom is -0.492 e. The van der Waals surface area contributed by atoms with Gasteiger partial charge in [-0.3, -0.25) is 9.69 Å². The molecule has 14 nitrogen and oxygen atoms in total. The summed E-state index contributed by atoms with van der Waals surface area (Å²) in [7, 11) is -2.83. The number of halogens is 2. The van der Waals surface area contributed by atoms with Crippen LogP contribution in [0.25, 0.3) is 0 Å². The lowest BCUT2D eigenvalue weighted by molar-refractivity contribution is 0.0777. The Morgan fingerprint density at radius 2 is 1.74 bits per heavy atom. The number of carbonyl (C=O) groups is 2. The van der Waals surface area contributed by atoms with Gasteiger partial charge in [0.2, 0.25) is 10.0 Å². The molecule has 1 amide bonds. The van der Waals surface area contributed by atoms with Gasteiger partial charge in [0, 0.05) is 64.0 Å². The number of hydrogen-bond donors (Lipinski definition) is 2. The third kappa shape index (κ3) is 9.14. The predicted octanol–water partition coefficient (Wildman–Crippen LogP) is 3.71. The highest BCUT2D eigenvalue weighted by molar-refractivity contribution is 7.89. The normalized spacial score (nSPS) is 15.1. The molecule has 0 unspecified atom stereocenters. The lowest BCUT2D eigenvalue weighted by atomic mass is 10.1. The summed E-state index contributed by atoms with van der Waals surface area (Å²) in [6, 6.07) is 7.02. The quantitative estimate of drug-likeness (QED) is 0.208. The zero-order valence-corrected chi connectivity index (χ0v) is 28.9. The number of nitrogens with zero attached hydrogens (tertiary/aromatic N) is 4. The number of benzene rings is 2. The van der Waals surface area contributed by atoms with Crippen LogP contribution in [0.5, 0.6) is 5.75 Å². The molecule has 3 heterocycles. The summed E-state index contributed by atoms with van der Waals surface area (Å²) < 4.78 is 78.6. The Labute approximate surface area is 289 Å². The zero-order valence-electron chi connectivity index (χ0n) is 28.1. The van der Waals surface area contributed by atoms with E-state index in [1.54, 1.807) is 32.2 Å². The molecule has 0 bridgehead atoms. The number of aromatic nitrogens is 2. The van der Waals surface area contributed by atoms with Crippen LogP contribution >= 0.6 is 0 Å². The Morgan fingerprint density at radius 3 is 2.46 bits per heavy atom. The van der Waals surface area contributed by atoms with Crippen LogP contribution in [0.4, 0.5) is 25.1 Å². The molecular formula is C33H42F2N6O8S. The van der Waals surface area contributed by atoms with E-state index < -0.39 is 38.6 Å². The second-order valence-electron chi connectivity index (χ2n) is 11.7. The standard InChI is InChI=1S/C33H42F2N6O8S/c1-3-47-16-17-49-33(43)41-30-8-12-40(50(44,45)26-19-23(34)18-24(35)20-26)22-28(30)31(38-41)37-32(42)27-7-6-25(21-29(27)36-9-14-46-2)48-15-13-39-10-4-5-11-39/h6-7,18-21,36H,3-5,8-17,22H2,1-2H3,(H,37,38,42). The SMILES string of the molecule is CCOCCOC(=O)n1nc(NC(=O)c2ccc(OCCN3CCCC3)cc2NCCOC)c2c1CCN(S(=O)(=O)c1cc(F)cc(F)c1)C2. The maximum absolute atomic E-state index is 14.0. The fraction of sp³-hybridized carbons (Fsp3) is 0.485. The number of carbonyl (C=O) groups excluding carboxylic acids is 2. The Balaban J connectivity index is 1.41. The smallest absolute Gasteiger partial charge is 0.435 e. The maximum Gasteiger partial charge on any atom is 0.435 e. The molecule has 2 aromatic carbocycles. The first-order valence-electron chi connectivity index (χ1n) is 16.5. The lowest BCUT2D eigenvalue weighted by Crippen LogP contribution is -2.37. The maximum atomic E-state index is 14.0. The van der Waals surface area contributed by atoms with E-state index in [4.69, 9.17) is 18.9 Å². The molecule has 0 spiro atoms. The molecule has 50 heavy (non-hydrogen) atoms. The number of rotatable bonds is 16. The Bertz CT molecular complexity index is 1750. The van der Waals surface area contributed by atoms with Gasteiger partial charge < -0.3 is 29.6 Å². The molecule has 5 rings (SSSR count). The predicted molar refractivity (Wildman–Crippen MR) is 179 cm³/mol. The fourth-order valence-electron chi connectivity index (χ4n) is 5.79. The van der Waals surface area contributed by atoms with Gasteiger partial charge in [-0.2, -0.15) is 8.99 Å². The van der Waals surface area contributed by atoms with Crippen molar-refractivity contribution >= 4 is 33.5 Å². The topological polar surface area (TPSA) is 154 Å². The van der Waals surface area contributed by atoms with Gasteiger partial charge >= 0.3 is 6.09 Å². The van der Waals surface area contributed by atoms with Crippen LogP contribution in [-0.2, 0) is 37.2 Å². The highest BCUT2D eigenvalue weighted by Crippen LogP contribution is 2.32. The number of amides is 1. The van der Waals surface area contributed by atoms with E-state index in [-0.39, 0.29) is 49.7 Å². The average Bonchev–Trinajstić information content (AvgIpc) is 3.74. The van der Waals surface area contributed by atoms with Gasteiger partial charge in [0.25, 0.3) is 5.91 Å². The van der Waals surface area contributed by atoms with Crippen LogP contribution in [0.2, 0.25) is 0 Å². The minimum atomic E-state index is -4.38. The van der Waals surface area contributed by atoms with Crippen molar-refractivity contribution in [3.63, 3.8) is 0 Å². The molecule has 0 aliphatic carbocycles. The molecule has 2 aliphatic rings. The number of nitrogens with one attached hydrogen (secondary N) is 2. The van der Waals surface area contributed by atoms with Crippen molar-refractivity contribution in [2.75, 3.05) is 83.5 Å². The molecule has 0 atom stereocenters. The monoisotopic (exact) mass is 720 g/mol. The number of fused-ring (bicyclic) bond motifs is 1. The molecule has 0 saturated carbocycles. The molecular weight excluding hydrogens is 678 g/mol. The summed E-state index contributed by atoms with van der Waals surface area (Å²) in [4.78, 5) is 28.7. The van der Waals surface area contributed by atoms with Crippen LogP contribution < -0.4 is 15.4 Å². The average molecular weight is 721 g/mol. The molecule has 0 radical (unpaired) electrons. The van der Waals surface area contributed by atoms with Crippen molar-refractivity contribution in [2.24, 2.45) is 0 Å². The Hall–Kier alpha value is -4.16. The van der Waals surface area contributed by atoms with Crippen molar-refractivity contribution in [1.29, 1.82) is 0 Å². The first-order chi connectivity index (χ1) is 24.1. The number of anilines is 2. The van der Waals surface area contributed by atoms with Crippen molar-refractivity contribution in [2.45, 2.75) is 37.6 Å². The highest BCUT2D eigenvalue weighted by atomic mass is 32.2. The molecule has 2 aliphatic heterocycles. The van der Waals surface area contributed by atoms with Gasteiger partial charge in [0.1, 0.15) is 30.6 Å². The third-order valence-corrected chi connectivity index (χ3v) is 10.1. The van der Waals surface area contributed by atoms with Gasteiger partial charge in [-0.25, -0.2) is 22.0 Å². The Kier molecular flexibility index (Phi) is 12.7. The van der Waals surface area contributed by atoms with Crippen molar-refractivity contribution in [3.05, 3.63) is 64.9 Å². The Morgan fingerprint density at radius 1 is 0.980 bits per heavy atom. The molecule has 1 fully saturated rings. The first-order valence-corrected chi connectivity index (χ1v) is 17.9. The summed E-state index contributed by atoms with van der Waals surface area (Å²) >= 11 is 0. The number of methoxy groups -OCH3 is 1. The molecule has 272 valence electrons. The third-order valence-electron chi connectivity index (χ3n) is 8.29. The van der Waals surface area contributed by atoms with Crippen molar-refractivity contribution < 1.29 is 45.7 Å². The number of ether oxygens (including phenoxy) is 4. The highest BCUT2D eigenvalue weighted by Gasteiger charge is 2.35. The van der Waals surface area contributed by atoms with E-state index in [1.165, 1.54) is 12.8 Å². The zero-order chi connectivity index (χ0) is 35.7. The molecule has 17 heteroatoms. The fourth-order valence-corrected chi connectivity index (χ4v) is 7.24. The first kappa shape index (κ1) is 37.1. The van der Waals surface area contributed by atoms with Gasteiger partial charge in [-0.1, -0.05) is 0 Å². The largest absolute Gasteiger partial charge is 0.492 e. The summed E-state index contributed by atoms with van der Waals surface area (Å²) in [5, 5.41) is 10.3. The number of likely N-dealkylation sites (tertiary alicyclic amines) is 1. The summed E-state index contributed by atoms with van der Waals surface area (Å²) in [5.41, 5.74) is 1.23. The van der Waals surface area contributed by atoms with Crippen LogP contribution in [0, 0.1) is 11.6 Å². The summed E-state index contributed by atoms with van der Waals surface area (Å²) in [6.45, 7) is 5.96. The lowest BCUT2D eigenvalue weighted by Gasteiger charge is -2.27. The van der Waals surface area contributed by atoms with Gasteiger partial charge in [0.15, 0.2) is 5.82 Å². The second kappa shape index (κ2) is 17.2. The van der Waals surface area contributed by atoms with Crippen LogP contribution in [-0.4, -0.2) is 112 Å². The van der Waals surface area contributed by atoms with E-state index in [0.717, 1.165) is 40.8 Å². The molecule has 1 saturated heterocycles. The minimum absolute atomic E-state index is 0.0108. The van der Waals surface area contributed by atoms with E-state index in [9.17, 15) is 26.8 Å². The number of sulfonamides is 1. The van der Waals surface area contributed by atoms with E-state index in [2.05, 4.69) is 20.6 Å². The van der Waals surface area contributed by atoms with E-state index in [0.29, 0.717) is 49.6 Å². The van der Waals surface area contributed by atoms with Gasteiger partial charge in [-0.05, 0) is 57.1 Å². The van der Waals surface area contributed by atoms with Gasteiger partial charge in [-0.15, -0.1) is 5.10 Å². The van der Waals surface area contributed by atoms with Crippen LogP contribution in [0.3, 0.4) is 0 Å². The van der Waals surface area contributed by atoms with E-state index in [1.807, 2.05) is 0 Å². The van der Waals surface area contributed by atoms with Crippen molar-refractivity contribution in [3.8, 4) is 5.75 Å². The summed E-state index contributed by atoms with van der Waals surface area (Å²) in [6.07, 6.45) is 1.49.